The van der Waals surface area contributed by atoms with Crippen LogP contribution in [-0.2, 0) is 18.2 Å². The predicted octanol–water partition coefficient (Wildman–Crippen LogP) is 7.16. The van der Waals surface area contributed by atoms with Gasteiger partial charge >= 0.3 is 6.18 Å². The van der Waals surface area contributed by atoms with Gasteiger partial charge in [-0.15, -0.1) is 0 Å². The number of carbonyl (C=O) groups is 2. The van der Waals surface area contributed by atoms with Crippen molar-refractivity contribution in [2.75, 3.05) is 26.2 Å². The van der Waals surface area contributed by atoms with Crippen molar-refractivity contribution in [3.8, 4) is 11.8 Å². The van der Waals surface area contributed by atoms with E-state index in [-0.39, 0.29) is 24.1 Å². The van der Waals surface area contributed by atoms with E-state index < -0.39 is 17.2 Å². The Morgan fingerprint density at radius 1 is 0.848 bits per heavy atom. The van der Waals surface area contributed by atoms with Gasteiger partial charge in [0.2, 0.25) is 0 Å². The minimum atomic E-state index is -4.42. The van der Waals surface area contributed by atoms with Crippen LogP contribution in [0.3, 0.4) is 0 Å². The minimum Gasteiger partial charge on any atom is -0.489 e. The first-order chi connectivity index (χ1) is 22.2. The molecule has 0 aliphatic carbocycles. The lowest BCUT2D eigenvalue weighted by Crippen LogP contribution is -2.45. The van der Waals surface area contributed by atoms with Crippen molar-refractivity contribution >= 4 is 22.7 Å². The number of nitriles is 1. The van der Waals surface area contributed by atoms with Gasteiger partial charge in [-0.05, 0) is 79.6 Å². The number of halogens is 3. The molecule has 3 heterocycles. The second kappa shape index (κ2) is 12.8. The number of benzene rings is 3. The smallest absolute Gasteiger partial charge is 0.416 e. The number of carbonyl (C=O) groups excluding carboxylic acids is 2. The van der Waals surface area contributed by atoms with E-state index in [4.69, 9.17) is 4.74 Å². The lowest BCUT2D eigenvalue weighted by molar-refractivity contribution is -0.137. The molecule has 10 heteroatoms. The van der Waals surface area contributed by atoms with Crippen LogP contribution in [0.15, 0.2) is 78.9 Å². The Labute approximate surface area is 265 Å². The number of amides is 2. The van der Waals surface area contributed by atoms with Gasteiger partial charge in [0.15, 0.2) is 0 Å². The Morgan fingerprint density at radius 3 is 2.17 bits per heavy atom. The number of rotatable bonds is 6. The molecule has 236 valence electrons. The second-order valence-corrected chi connectivity index (χ2v) is 11.9. The molecule has 2 aliphatic rings. The molecule has 0 atom stereocenters. The molecular weight excluding hydrogens is 593 g/mol. The summed E-state index contributed by atoms with van der Waals surface area (Å²) in [6.07, 6.45) is -0.581. The Kier molecular flexibility index (Phi) is 8.67. The van der Waals surface area contributed by atoms with Crippen LogP contribution in [0.4, 0.5) is 13.2 Å². The third kappa shape index (κ3) is 6.41. The summed E-state index contributed by atoms with van der Waals surface area (Å²) in [7, 11) is 0. The number of fused-ring (bicyclic) bond motifs is 1. The van der Waals surface area contributed by atoms with Gasteiger partial charge in [0.1, 0.15) is 18.1 Å². The van der Waals surface area contributed by atoms with Gasteiger partial charge in [0, 0.05) is 31.6 Å². The molecule has 6 rings (SSSR count). The molecule has 4 aromatic rings. The van der Waals surface area contributed by atoms with Crippen molar-refractivity contribution in [1.29, 1.82) is 5.26 Å². The van der Waals surface area contributed by atoms with Gasteiger partial charge in [-0.2, -0.15) is 18.4 Å². The van der Waals surface area contributed by atoms with Crippen LogP contribution in [0.1, 0.15) is 69.6 Å². The highest BCUT2D eigenvalue weighted by molar-refractivity contribution is 6.09. The summed E-state index contributed by atoms with van der Waals surface area (Å²) in [6.45, 7) is 2.04. The van der Waals surface area contributed by atoms with Gasteiger partial charge < -0.3 is 14.5 Å². The normalized spacial score (nSPS) is 16.6. The Bertz CT molecular complexity index is 1770. The van der Waals surface area contributed by atoms with Crippen LogP contribution in [-0.4, -0.2) is 52.8 Å². The van der Waals surface area contributed by atoms with E-state index >= 15 is 0 Å². The van der Waals surface area contributed by atoms with Gasteiger partial charge in [-0.25, -0.2) is 4.98 Å². The maximum absolute atomic E-state index is 13.9. The number of pyridine rings is 1. The molecule has 0 N–H and O–H groups in total. The second-order valence-electron chi connectivity index (χ2n) is 11.9. The van der Waals surface area contributed by atoms with Crippen molar-refractivity contribution in [3.05, 3.63) is 107 Å². The van der Waals surface area contributed by atoms with E-state index in [0.717, 1.165) is 37.0 Å². The highest BCUT2D eigenvalue weighted by Crippen LogP contribution is 2.36. The maximum Gasteiger partial charge on any atom is 0.416 e. The Balaban J connectivity index is 1.26. The first-order valence-electron chi connectivity index (χ1n) is 15.5. The fraction of sp³-hybridized carbons (Fsp3) is 0.333. The molecule has 2 fully saturated rings. The van der Waals surface area contributed by atoms with E-state index in [0.29, 0.717) is 66.8 Å². The molecule has 0 unspecified atom stereocenters. The van der Waals surface area contributed by atoms with Gasteiger partial charge in [0.25, 0.3) is 11.8 Å². The number of piperidine rings is 2. The van der Waals surface area contributed by atoms with Crippen LogP contribution in [0.2, 0.25) is 0 Å². The first-order valence-corrected chi connectivity index (χ1v) is 15.5. The monoisotopic (exact) mass is 626 g/mol. The standard InChI is InChI=1S/C36H33F3N4O3/c37-36(38,39)27-11-9-25(10-12-27)23-46-28-13-14-31-29(21-28)30(33(44)42-17-5-2-6-18-42)22-32(41-31)34(45)43-19-15-35(24-40,16-20-43)26-7-3-1-4-8-26/h1,3-4,7-14,21-22H,2,5-6,15-20,23H2. The van der Waals surface area contributed by atoms with E-state index in [1.165, 1.54) is 12.1 Å². The fourth-order valence-electron chi connectivity index (χ4n) is 6.28. The number of hydrogen-bond donors (Lipinski definition) is 0. The SMILES string of the molecule is N#CC1(c2ccccc2)CCN(C(=O)c2cc(C(=O)N3CCCCC3)c3cc(OCc4ccc(C(F)(F)F)cc4)ccc3n2)CC1. The van der Waals surface area contributed by atoms with Crippen molar-refractivity contribution in [2.24, 2.45) is 0 Å². The van der Waals surface area contributed by atoms with E-state index in [1.807, 2.05) is 30.3 Å². The van der Waals surface area contributed by atoms with Crippen LogP contribution in [0, 0.1) is 11.3 Å². The summed E-state index contributed by atoms with van der Waals surface area (Å²) in [5.41, 5.74) is 1.08. The highest BCUT2D eigenvalue weighted by Gasteiger charge is 2.38. The zero-order valence-corrected chi connectivity index (χ0v) is 25.2. The number of nitrogens with zero attached hydrogens (tertiary/aromatic N) is 4. The number of alkyl halides is 3. The molecule has 0 saturated carbocycles. The predicted molar refractivity (Wildman–Crippen MR) is 166 cm³/mol. The van der Waals surface area contributed by atoms with Gasteiger partial charge in [-0.1, -0.05) is 42.5 Å². The highest BCUT2D eigenvalue weighted by atomic mass is 19.4. The van der Waals surface area contributed by atoms with Gasteiger partial charge in [0.05, 0.1) is 28.1 Å². The van der Waals surface area contributed by atoms with Crippen molar-refractivity contribution in [2.45, 2.75) is 50.3 Å². The number of aromatic nitrogens is 1. The minimum absolute atomic E-state index is 0.0329. The molecule has 2 saturated heterocycles. The summed E-state index contributed by atoms with van der Waals surface area (Å²) >= 11 is 0. The molecule has 46 heavy (non-hydrogen) atoms. The zero-order valence-electron chi connectivity index (χ0n) is 25.2. The molecule has 0 spiro atoms. The molecule has 2 aliphatic heterocycles. The average Bonchev–Trinajstić information content (AvgIpc) is 3.10. The summed E-state index contributed by atoms with van der Waals surface area (Å²) in [4.78, 5) is 35.8. The lowest BCUT2D eigenvalue weighted by atomic mass is 9.74. The van der Waals surface area contributed by atoms with Crippen molar-refractivity contribution < 1.29 is 27.5 Å². The molecule has 7 nitrogen and oxygen atoms in total. The number of hydrogen-bond acceptors (Lipinski definition) is 5. The van der Waals surface area contributed by atoms with E-state index in [9.17, 15) is 28.0 Å². The molecular formula is C36H33F3N4O3. The Hall–Kier alpha value is -4.91. The molecule has 1 aromatic heterocycles. The zero-order chi connectivity index (χ0) is 32.3. The van der Waals surface area contributed by atoms with Crippen LogP contribution >= 0.6 is 0 Å². The third-order valence-electron chi connectivity index (χ3n) is 9.00. The summed E-state index contributed by atoms with van der Waals surface area (Å²) in [5.74, 6) is -0.0603. The third-order valence-corrected chi connectivity index (χ3v) is 9.00. The van der Waals surface area contributed by atoms with E-state index in [1.54, 1.807) is 34.1 Å². The molecule has 0 radical (unpaired) electrons. The van der Waals surface area contributed by atoms with Crippen molar-refractivity contribution in [3.63, 3.8) is 0 Å². The maximum atomic E-state index is 13.9. The largest absolute Gasteiger partial charge is 0.489 e. The summed E-state index contributed by atoms with van der Waals surface area (Å²) in [6, 6.07) is 23.5. The van der Waals surface area contributed by atoms with Crippen LogP contribution < -0.4 is 4.74 Å². The average molecular weight is 627 g/mol. The first kappa shape index (κ1) is 31.1. The summed E-state index contributed by atoms with van der Waals surface area (Å²) < 4.78 is 44.7. The van der Waals surface area contributed by atoms with Crippen LogP contribution in [0.5, 0.6) is 5.75 Å². The van der Waals surface area contributed by atoms with Crippen LogP contribution in [0.25, 0.3) is 10.9 Å². The van der Waals surface area contributed by atoms with Gasteiger partial charge in [-0.3, -0.25) is 9.59 Å². The molecule has 2 amide bonds. The number of ether oxygens (including phenoxy) is 1. The topological polar surface area (TPSA) is 86.5 Å². The quantitative estimate of drug-likeness (QED) is 0.227. The number of likely N-dealkylation sites (tertiary alicyclic amines) is 2. The van der Waals surface area contributed by atoms with Crippen molar-refractivity contribution in [1.82, 2.24) is 14.8 Å². The van der Waals surface area contributed by atoms with E-state index in [2.05, 4.69) is 11.1 Å². The fourth-order valence-corrected chi connectivity index (χ4v) is 6.28. The molecule has 0 bridgehead atoms. The lowest BCUT2D eigenvalue weighted by Gasteiger charge is -2.37. The Morgan fingerprint density at radius 2 is 1.52 bits per heavy atom. The summed E-state index contributed by atoms with van der Waals surface area (Å²) in [5, 5.41) is 10.6. The molecule has 3 aromatic carbocycles.